The van der Waals surface area contributed by atoms with E-state index in [1.54, 1.807) is 0 Å². The molecule has 2 nitrogen and oxygen atoms in total. The van der Waals surface area contributed by atoms with Crippen LogP contribution in [0, 0.1) is 11.8 Å². The van der Waals surface area contributed by atoms with Gasteiger partial charge in [0.05, 0.1) is 0 Å². The van der Waals surface area contributed by atoms with Crippen molar-refractivity contribution in [2.24, 2.45) is 11.8 Å². The Morgan fingerprint density at radius 3 is 2.58 bits per heavy atom. The zero-order valence-corrected chi connectivity index (χ0v) is 12.4. The minimum absolute atomic E-state index is 0.556. The van der Waals surface area contributed by atoms with Gasteiger partial charge in [0.2, 0.25) is 0 Å². The molecule has 0 saturated carbocycles. The van der Waals surface area contributed by atoms with Crippen LogP contribution < -0.4 is 5.32 Å². The topological polar surface area (TPSA) is 27.8 Å². The number of nitrogens with one attached hydrogen (secondary N) is 2. The predicted molar refractivity (Wildman–Crippen MR) is 82.9 cm³/mol. The summed E-state index contributed by atoms with van der Waals surface area (Å²) < 4.78 is 0. The zero-order chi connectivity index (χ0) is 13.6. The van der Waals surface area contributed by atoms with Gasteiger partial charge < -0.3 is 10.3 Å². The third-order valence-corrected chi connectivity index (χ3v) is 4.47. The summed E-state index contributed by atoms with van der Waals surface area (Å²) >= 11 is 0. The second kappa shape index (κ2) is 4.59. The normalized spacial score (nSPS) is 18.9. The maximum atomic E-state index is 3.61. The van der Waals surface area contributed by atoms with Crippen molar-refractivity contribution in [1.29, 1.82) is 0 Å². The number of aromatic nitrogens is 1. The molecule has 102 valence electrons. The molecule has 0 spiro atoms. The fraction of sp³-hybridized carbons (Fsp3) is 0.529. The van der Waals surface area contributed by atoms with Gasteiger partial charge in [-0.2, -0.15) is 0 Å². The van der Waals surface area contributed by atoms with Crippen molar-refractivity contribution in [3.05, 3.63) is 29.5 Å². The zero-order valence-electron chi connectivity index (χ0n) is 12.4. The van der Waals surface area contributed by atoms with Crippen molar-refractivity contribution in [1.82, 2.24) is 4.98 Å². The number of H-pyrrole nitrogens is 1. The summed E-state index contributed by atoms with van der Waals surface area (Å²) in [4.78, 5) is 3.56. The van der Waals surface area contributed by atoms with Crippen LogP contribution in [0.1, 0.15) is 44.9 Å². The van der Waals surface area contributed by atoms with Crippen molar-refractivity contribution in [2.75, 3.05) is 11.9 Å². The van der Waals surface area contributed by atoms with Crippen LogP contribution in [0.15, 0.2) is 18.2 Å². The van der Waals surface area contributed by atoms with E-state index in [1.165, 1.54) is 34.3 Å². The van der Waals surface area contributed by atoms with Crippen LogP contribution in [0.2, 0.25) is 0 Å². The summed E-state index contributed by atoms with van der Waals surface area (Å²) in [5.41, 5.74) is 5.42. The average molecular weight is 256 g/mol. The van der Waals surface area contributed by atoms with E-state index in [9.17, 15) is 0 Å². The third kappa shape index (κ3) is 2.24. The van der Waals surface area contributed by atoms with E-state index in [0.717, 1.165) is 18.4 Å². The first-order valence-corrected chi connectivity index (χ1v) is 7.44. The summed E-state index contributed by atoms with van der Waals surface area (Å²) in [6.45, 7) is 10.2. The molecule has 0 bridgehead atoms. The van der Waals surface area contributed by atoms with Gasteiger partial charge in [0.1, 0.15) is 0 Å². The van der Waals surface area contributed by atoms with E-state index in [2.05, 4.69) is 56.2 Å². The van der Waals surface area contributed by atoms with Gasteiger partial charge in [-0.1, -0.05) is 27.7 Å². The number of aromatic amines is 1. The van der Waals surface area contributed by atoms with Crippen LogP contribution in [-0.2, 0) is 6.42 Å². The van der Waals surface area contributed by atoms with Gasteiger partial charge in [-0.15, -0.1) is 0 Å². The standard InChI is InChI=1S/C17H24N2/c1-10(2)14-5-12-8-17-13(7-16(12)18-9-14)6-15(19-17)11(3)4/h6-8,10-11,14,18-19H,5,9H2,1-4H3. The van der Waals surface area contributed by atoms with E-state index in [1.807, 2.05) is 0 Å². The Morgan fingerprint density at radius 2 is 1.89 bits per heavy atom. The number of anilines is 1. The molecule has 0 amide bonds. The third-order valence-electron chi connectivity index (χ3n) is 4.47. The lowest BCUT2D eigenvalue weighted by Gasteiger charge is -2.29. The minimum atomic E-state index is 0.556. The highest BCUT2D eigenvalue weighted by molar-refractivity contribution is 5.86. The number of rotatable bonds is 2. The van der Waals surface area contributed by atoms with E-state index < -0.39 is 0 Å². The number of hydrogen-bond acceptors (Lipinski definition) is 1. The summed E-state index contributed by atoms with van der Waals surface area (Å²) in [5.74, 6) is 2.05. The lowest BCUT2D eigenvalue weighted by atomic mass is 9.85. The quantitative estimate of drug-likeness (QED) is 0.811. The highest BCUT2D eigenvalue weighted by Gasteiger charge is 2.21. The fourth-order valence-corrected chi connectivity index (χ4v) is 2.96. The second-order valence-corrected chi connectivity index (χ2v) is 6.57. The average Bonchev–Trinajstić information content (AvgIpc) is 2.78. The monoisotopic (exact) mass is 256 g/mol. The summed E-state index contributed by atoms with van der Waals surface area (Å²) in [6, 6.07) is 6.94. The molecule has 0 radical (unpaired) electrons. The van der Waals surface area contributed by atoms with Crippen molar-refractivity contribution in [3.63, 3.8) is 0 Å². The smallest absolute Gasteiger partial charge is 0.0460 e. The summed E-state index contributed by atoms with van der Waals surface area (Å²) in [5, 5.41) is 4.94. The number of fused-ring (bicyclic) bond motifs is 2. The Balaban J connectivity index is 2.01. The Bertz CT molecular complexity index is 593. The van der Waals surface area contributed by atoms with Crippen LogP contribution in [-0.4, -0.2) is 11.5 Å². The lowest BCUT2D eigenvalue weighted by molar-refractivity contribution is 0.394. The maximum Gasteiger partial charge on any atom is 0.0460 e. The largest absolute Gasteiger partial charge is 0.385 e. The molecule has 19 heavy (non-hydrogen) atoms. The molecule has 3 rings (SSSR count). The lowest BCUT2D eigenvalue weighted by Crippen LogP contribution is -2.26. The van der Waals surface area contributed by atoms with Gasteiger partial charge in [-0.05, 0) is 47.9 Å². The Labute approximate surface area is 115 Å². The predicted octanol–water partition coefficient (Wildman–Crippen LogP) is 4.53. The van der Waals surface area contributed by atoms with E-state index in [4.69, 9.17) is 0 Å². The summed E-state index contributed by atoms with van der Waals surface area (Å²) in [6.07, 6.45) is 1.20. The molecule has 1 aliphatic rings. The molecule has 1 aromatic carbocycles. The molecular weight excluding hydrogens is 232 g/mol. The first kappa shape index (κ1) is 12.6. The molecule has 2 heteroatoms. The molecule has 0 saturated heterocycles. The molecule has 2 aromatic rings. The van der Waals surface area contributed by atoms with E-state index >= 15 is 0 Å². The second-order valence-electron chi connectivity index (χ2n) is 6.57. The van der Waals surface area contributed by atoms with Crippen molar-refractivity contribution < 1.29 is 0 Å². The molecule has 1 aliphatic heterocycles. The van der Waals surface area contributed by atoms with E-state index in [-0.39, 0.29) is 0 Å². The molecule has 2 heterocycles. The van der Waals surface area contributed by atoms with Gasteiger partial charge in [0, 0.05) is 28.8 Å². The first-order chi connectivity index (χ1) is 9.04. The molecule has 0 fully saturated rings. The molecule has 1 unspecified atom stereocenters. The van der Waals surface area contributed by atoms with Crippen LogP contribution in [0.25, 0.3) is 10.9 Å². The highest BCUT2D eigenvalue weighted by atomic mass is 14.9. The highest BCUT2D eigenvalue weighted by Crippen LogP contribution is 2.33. The maximum absolute atomic E-state index is 3.61. The molecule has 2 N–H and O–H groups in total. The van der Waals surface area contributed by atoms with Gasteiger partial charge in [-0.25, -0.2) is 0 Å². The van der Waals surface area contributed by atoms with Crippen LogP contribution >= 0.6 is 0 Å². The van der Waals surface area contributed by atoms with Gasteiger partial charge in [0.15, 0.2) is 0 Å². The van der Waals surface area contributed by atoms with Gasteiger partial charge in [0.25, 0.3) is 0 Å². The fourth-order valence-electron chi connectivity index (χ4n) is 2.96. The van der Waals surface area contributed by atoms with Crippen LogP contribution in [0.4, 0.5) is 5.69 Å². The van der Waals surface area contributed by atoms with Crippen molar-refractivity contribution in [2.45, 2.75) is 40.0 Å². The Morgan fingerprint density at radius 1 is 1.11 bits per heavy atom. The summed E-state index contributed by atoms with van der Waals surface area (Å²) in [7, 11) is 0. The van der Waals surface area contributed by atoms with Crippen molar-refractivity contribution >= 4 is 16.6 Å². The van der Waals surface area contributed by atoms with E-state index in [0.29, 0.717) is 5.92 Å². The van der Waals surface area contributed by atoms with Crippen LogP contribution in [0.5, 0.6) is 0 Å². The molecular formula is C17H24N2. The molecule has 0 aliphatic carbocycles. The minimum Gasteiger partial charge on any atom is -0.385 e. The molecule has 1 atom stereocenters. The van der Waals surface area contributed by atoms with Crippen LogP contribution in [0.3, 0.4) is 0 Å². The van der Waals surface area contributed by atoms with Crippen molar-refractivity contribution in [3.8, 4) is 0 Å². The van der Waals surface area contributed by atoms with Gasteiger partial charge in [-0.3, -0.25) is 0 Å². The number of benzene rings is 1. The molecule has 1 aromatic heterocycles. The van der Waals surface area contributed by atoms with Gasteiger partial charge >= 0.3 is 0 Å². The Hall–Kier alpha value is -1.44. The SMILES string of the molecule is CC(C)c1cc2cc3c(cc2[nH]1)CC(C(C)C)CN3. The number of hydrogen-bond donors (Lipinski definition) is 2. The Kier molecular flexibility index (Phi) is 3.04. The first-order valence-electron chi connectivity index (χ1n) is 7.44.